The molecule has 0 amide bonds. The van der Waals surface area contributed by atoms with Crippen LogP contribution in [0.5, 0.6) is 0 Å². The zero-order valence-corrected chi connectivity index (χ0v) is 10.6. The predicted molar refractivity (Wildman–Crippen MR) is 69.4 cm³/mol. The Morgan fingerprint density at radius 2 is 2.31 bits per heavy atom. The van der Waals surface area contributed by atoms with E-state index < -0.39 is 0 Å². The van der Waals surface area contributed by atoms with E-state index in [1.807, 2.05) is 12.3 Å². The third-order valence-corrected chi connectivity index (χ3v) is 2.49. The number of nitrogens with one attached hydrogen (secondary N) is 1. The van der Waals surface area contributed by atoms with Crippen LogP contribution < -0.4 is 5.32 Å². The minimum atomic E-state index is 0.303. The second-order valence-electron chi connectivity index (χ2n) is 4.43. The summed E-state index contributed by atoms with van der Waals surface area (Å²) in [7, 11) is 0. The van der Waals surface area contributed by atoms with E-state index >= 15 is 0 Å². The third-order valence-electron chi connectivity index (χ3n) is 2.49. The molecule has 2 heteroatoms. The maximum atomic E-state index is 4.44. The summed E-state index contributed by atoms with van der Waals surface area (Å²) in [5.41, 5.74) is 3.57. The lowest BCUT2D eigenvalue weighted by Gasteiger charge is -2.18. The Balaban J connectivity index is 2.78. The molecule has 0 fully saturated rings. The Morgan fingerprint density at radius 3 is 2.88 bits per heavy atom. The highest BCUT2D eigenvalue weighted by Crippen LogP contribution is 2.19. The Labute approximate surface area is 98.8 Å². The largest absolute Gasteiger partial charge is 0.308 e. The molecule has 0 aliphatic heterocycles. The summed E-state index contributed by atoms with van der Waals surface area (Å²) in [6.07, 6.45) is 3.97. The normalized spacial score (nSPS) is 12.4. The molecule has 0 bridgehead atoms. The first-order valence-corrected chi connectivity index (χ1v) is 5.93. The van der Waals surface area contributed by atoms with Gasteiger partial charge in [0, 0.05) is 6.20 Å². The zero-order chi connectivity index (χ0) is 12.0. The molecular formula is C14H22N2. The molecule has 0 aliphatic carbocycles. The summed E-state index contributed by atoms with van der Waals surface area (Å²) < 4.78 is 0. The van der Waals surface area contributed by atoms with E-state index in [9.17, 15) is 0 Å². The number of hydrogen-bond acceptors (Lipinski definition) is 2. The van der Waals surface area contributed by atoms with Gasteiger partial charge < -0.3 is 5.32 Å². The summed E-state index contributed by atoms with van der Waals surface area (Å²) in [5.74, 6) is 0. The highest BCUT2D eigenvalue weighted by Gasteiger charge is 2.11. The number of hydrogen-bond donors (Lipinski definition) is 1. The van der Waals surface area contributed by atoms with Gasteiger partial charge >= 0.3 is 0 Å². The Bertz CT molecular complexity index is 344. The average Bonchev–Trinajstić information content (AvgIpc) is 2.23. The fraction of sp³-hybridized carbons (Fsp3) is 0.500. The van der Waals surface area contributed by atoms with Gasteiger partial charge in [-0.05, 0) is 50.9 Å². The van der Waals surface area contributed by atoms with Gasteiger partial charge in [0.25, 0.3) is 0 Å². The van der Waals surface area contributed by atoms with Crippen LogP contribution in [-0.2, 0) is 0 Å². The van der Waals surface area contributed by atoms with E-state index in [1.165, 1.54) is 11.1 Å². The molecule has 2 nitrogen and oxygen atoms in total. The van der Waals surface area contributed by atoms with Crippen LogP contribution >= 0.6 is 0 Å². The number of rotatable bonds is 6. The first kappa shape index (κ1) is 12.9. The highest BCUT2D eigenvalue weighted by molar-refractivity contribution is 5.18. The van der Waals surface area contributed by atoms with Gasteiger partial charge in [-0.3, -0.25) is 4.98 Å². The molecule has 1 rings (SSSR count). The topological polar surface area (TPSA) is 24.9 Å². The van der Waals surface area contributed by atoms with Crippen molar-refractivity contribution >= 4 is 0 Å². The predicted octanol–water partition coefficient (Wildman–Crippen LogP) is 3.40. The molecule has 1 heterocycles. The van der Waals surface area contributed by atoms with Crippen LogP contribution in [0.25, 0.3) is 0 Å². The van der Waals surface area contributed by atoms with Gasteiger partial charge in [0.2, 0.25) is 0 Å². The van der Waals surface area contributed by atoms with Gasteiger partial charge in [0.05, 0.1) is 11.7 Å². The van der Waals surface area contributed by atoms with E-state index in [2.05, 4.69) is 43.7 Å². The number of nitrogens with zero attached hydrogens (tertiary/aromatic N) is 1. The molecule has 1 unspecified atom stereocenters. The van der Waals surface area contributed by atoms with Gasteiger partial charge in [-0.15, -0.1) is 6.58 Å². The molecule has 0 saturated heterocycles. The van der Waals surface area contributed by atoms with Gasteiger partial charge in [-0.25, -0.2) is 0 Å². The monoisotopic (exact) mass is 218 g/mol. The van der Waals surface area contributed by atoms with Crippen molar-refractivity contribution in [3.63, 3.8) is 0 Å². The molecule has 0 aliphatic rings. The fourth-order valence-corrected chi connectivity index (χ4v) is 1.70. The fourth-order valence-electron chi connectivity index (χ4n) is 1.70. The van der Waals surface area contributed by atoms with Crippen LogP contribution in [0.2, 0.25) is 0 Å². The molecule has 88 valence electrons. The molecule has 0 spiro atoms. The van der Waals surface area contributed by atoms with E-state index in [0.717, 1.165) is 25.1 Å². The minimum Gasteiger partial charge on any atom is -0.308 e. The molecule has 1 aromatic rings. The van der Waals surface area contributed by atoms with Gasteiger partial charge in [-0.1, -0.05) is 12.5 Å². The number of pyridine rings is 1. The molecule has 1 aromatic heterocycles. The van der Waals surface area contributed by atoms with Crippen LogP contribution in [0.1, 0.15) is 44.0 Å². The zero-order valence-electron chi connectivity index (χ0n) is 10.6. The van der Waals surface area contributed by atoms with Crippen molar-refractivity contribution in [2.45, 2.75) is 39.7 Å². The second-order valence-corrected chi connectivity index (χ2v) is 4.43. The third kappa shape index (κ3) is 4.15. The van der Waals surface area contributed by atoms with Crippen LogP contribution in [0.4, 0.5) is 0 Å². The number of aryl methyl sites for hydroxylation is 1. The lowest BCUT2D eigenvalue weighted by Crippen LogP contribution is -2.23. The van der Waals surface area contributed by atoms with Crippen molar-refractivity contribution in [1.29, 1.82) is 0 Å². The van der Waals surface area contributed by atoms with Crippen LogP contribution in [0.15, 0.2) is 30.5 Å². The quantitative estimate of drug-likeness (QED) is 0.740. The van der Waals surface area contributed by atoms with Crippen molar-refractivity contribution in [3.8, 4) is 0 Å². The van der Waals surface area contributed by atoms with E-state index in [1.54, 1.807) is 0 Å². The molecular weight excluding hydrogens is 196 g/mol. The highest BCUT2D eigenvalue weighted by atomic mass is 14.9. The average molecular weight is 218 g/mol. The molecule has 16 heavy (non-hydrogen) atoms. The van der Waals surface area contributed by atoms with Crippen molar-refractivity contribution in [3.05, 3.63) is 41.7 Å². The molecule has 0 aromatic carbocycles. The SMILES string of the molecule is C=C(C)CC(NCCC)c1cc(C)ccn1. The van der Waals surface area contributed by atoms with Crippen LogP contribution in [0, 0.1) is 6.92 Å². The second kappa shape index (κ2) is 6.44. The summed E-state index contributed by atoms with van der Waals surface area (Å²) in [6, 6.07) is 4.48. The van der Waals surface area contributed by atoms with Crippen molar-refractivity contribution < 1.29 is 0 Å². The van der Waals surface area contributed by atoms with Crippen molar-refractivity contribution in [2.24, 2.45) is 0 Å². The van der Waals surface area contributed by atoms with Crippen molar-refractivity contribution in [1.82, 2.24) is 10.3 Å². The van der Waals surface area contributed by atoms with E-state index in [0.29, 0.717) is 6.04 Å². The summed E-state index contributed by atoms with van der Waals surface area (Å²) >= 11 is 0. The summed E-state index contributed by atoms with van der Waals surface area (Å²) in [5, 5.41) is 3.52. The van der Waals surface area contributed by atoms with Crippen LogP contribution in [0.3, 0.4) is 0 Å². The molecule has 0 saturated carbocycles. The summed E-state index contributed by atoms with van der Waals surface area (Å²) in [6.45, 7) is 11.3. The minimum absolute atomic E-state index is 0.303. The lowest BCUT2D eigenvalue weighted by molar-refractivity contribution is 0.516. The smallest absolute Gasteiger partial charge is 0.0579 e. The first-order valence-electron chi connectivity index (χ1n) is 5.93. The Kier molecular flexibility index (Phi) is 5.20. The van der Waals surface area contributed by atoms with E-state index in [4.69, 9.17) is 0 Å². The maximum Gasteiger partial charge on any atom is 0.0579 e. The molecule has 1 N–H and O–H groups in total. The van der Waals surface area contributed by atoms with Crippen molar-refractivity contribution in [2.75, 3.05) is 6.54 Å². The first-order chi connectivity index (χ1) is 7.63. The molecule has 0 radical (unpaired) electrons. The van der Waals surface area contributed by atoms with E-state index in [-0.39, 0.29) is 0 Å². The van der Waals surface area contributed by atoms with Gasteiger partial charge in [0.15, 0.2) is 0 Å². The Morgan fingerprint density at radius 1 is 1.56 bits per heavy atom. The maximum absolute atomic E-state index is 4.44. The molecule has 1 atom stereocenters. The standard InChI is InChI=1S/C14H22N2/c1-5-7-15-13(9-11(2)3)14-10-12(4)6-8-16-14/h6,8,10,13,15H,2,5,7,9H2,1,3-4H3. The van der Waals surface area contributed by atoms with Crippen LogP contribution in [-0.4, -0.2) is 11.5 Å². The Hall–Kier alpha value is -1.15. The van der Waals surface area contributed by atoms with Gasteiger partial charge in [-0.2, -0.15) is 0 Å². The number of aromatic nitrogens is 1. The van der Waals surface area contributed by atoms with Gasteiger partial charge in [0.1, 0.15) is 0 Å². The summed E-state index contributed by atoms with van der Waals surface area (Å²) in [4.78, 5) is 4.44. The lowest BCUT2D eigenvalue weighted by atomic mass is 10.0.